The van der Waals surface area contributed by atoms with Gasteiger partial charge in [-0.3, -0.25) is 4.90 Å². The highest BCUT2D eigenvalue weighted by atomic mass is 16.5. The van der Waals surface area contributed by atoms with E-state index in [1.165, 1.54) is 0 Å². The Kier molecular flexibility index (Phi) is 4.30. The Morgan fingerprint density at radius 1 is 1.59 bits per heavy atom. The first-order valence-corrected chi connectivity index (χ1v) is 5.90. The maximum Gasteiger partial charge on any atom is 0.126 e. The molecule has 1 aliphatic rings. The third-order valence-electron chi connectivity index (χ3n) is 2.88. The lowest BCUT2D eigenvalue weighted by Gasteiger charge is -2.31. The summed E-state index contributed by atoms with van der Waals surface area (Å²) in [6.45, 7) is 3.22. The zero-order valence-electron chi connectivity index (χ0n) is 10.1. The highest BCUT2D eigenvalue weighted by molar-refractivity contribution is 5.34. The fourth-order valence-corrected chi connectivity index (χ4v) is 1.97. The second-order valence-electron chi connectivity index (χ2n) is 4.17. The molecule has 0 bridgehead atoms. The van der Waals surface area contributed by atoms with Crippen LogP contribution in [0.4, 0.5) is 5.82 Å². The lowest BCUT2D eigenvalue weighted by molar-refractivity contribution is -0.0553. The van der Waals surface area contributed by atoms with Crippen molar-refractivity contribution >= 4 is 5.82 Å². The molecule has 1 aliphatic heterocycles. The number of nitrogens with one attached hydrogen (secondary N) is 1. The van der Waals surface area contributed by atoms with Gasteiger partial charge in [-0.2, -0.15) is 0 Å². The van der Waals surface area contributed by atoms with E-state index in [0.29, 0.717) is 6.61 Å². The number of morpholine rings is 1. The van der Waals surface area contributed by atoms with Gasteiger partial charge in [0.2, 0.25) is 0 Å². The molecule has 1 fully saturated rings. The van der Waals surface area contributed by atoms with E-state index in [0.717, 1.165) is 31.1 Å². The van der Waals surface area contributed by atoms with Crippen molar-refractivity contribution in [3.8, 4) is 0 Å². The lowest BCUT2D eigenvalue weighted by atomic mass is 10.2. The Morgan fingerprint density at radius 2 is 2.47 bits per heavy atom. The van der Waals surface area contributed by atoms with Crippen molar-refractivity contribution in [1.82, 2.24) is 9.88 Å². The summed E-state index contributed by atoms with van der Waals surface area (Å²) in [6, 6.07) is 5.96. The van der Waals surface area contributed by atoms with Gasteiger partial charge in [0.05, 0.1) is 25.0 Å². The van der Waals surface area contributed by atoms with Crippen molar-refractivity contribution in [1.29, 1.82) is 0 Å². The Bertz CT molecular complexity index is 359. The molecular formula is C12H19N3O2. The summed E-state index contributed by atoms with van der Waals surface area (Å²) in [5, 5.41) is 12.1. The van der Waals surface area contributed by atoms with Crippen LogP contribution in [0, 0.1) is 0 Å². The van der Waals surface area contributed by atoms with Crippen LogP contribution in [0.15, 0.2) is 18.2 Å². The Morgan fingerprint density at radius 3 is 3.24 bits per heavy atom. The van der Waals surface area contributed by atoms with E-state index < -0.39 is 0 Å². The van der Waals surface area contributed by atoms with Gasteiger partial charge in [0, 0.05) is 26.7 Å². The van der Waals surface area contributed by atoms with E-state index in [2.05, 4.69) is 15.2 Å². The minimum Gasteiger partial charge on any atom is -0.394 e. The summed E-state index contributed by atoms with van der Waals surface area (Å²) in [5.41, 5.74) is 1.04. The molecule has 0 amide bonds. The van der Waals surface area contributed by atoms with E-state index >= 15 is 0 Å². The van der Waals surface area contributed by atoms with Gasteiger partial charge in [-0.1, -0.05) is 6.07 Å². The zero-order chi connectivity index (χ0) is 12.1. The van der Waals surface area contributed by atoms with Crippen molar-refractivity contribution in [2.45, 2.75) is 12.6 Å². The summed E-state index contributed by atoms with van der Waals surface area (Å²) in [6.07, 6.45) is -0.0590. The van der Waals surface area contributed by atoms with Crippen molar-refractivity contribution < 1.29 is 9.84 Å². The molecule has 0 spiro atoms. The fourth-order valence-electron chi connectivity index (χ4n) is 1.97. The average Bonchev–Trinajstić information content (AvgIpc) is 2.39. The molecule has 1 aromatic heterocycles. The molecule has 1 aromatic rings. The van der Waals surface area contributed by atoms with Gasteiger partial charge in [-0.15, -0.1) is 0 Å². The third-order valence-corrected chi connectivity index (χ3v) is 2.88. The van der Waals surface area contributed by atoms with Crippen LogP contribution in [0.25, 0.3) is 0 Å². The molecule has 1 saturated heterocycles. The van der Waals surface area contributed by atoms with Crippen molar-refractivity contribution in [3.63, 3.8) is 0 Å². The number of hydrogen-bond acceptors (Lipinski definition) is 5. The fraction of sp³-hybridized carbons (Fsp3) is 0.583. The quantitative estimate of drug-likeness (QED) is 0.789. The minimum atomic E-state index is -0.0590. The second-order valence-corrected chi connectivity index (χ2v) is 4.17. The maximum atomic E-state index is 9.08. The SMILES string of the molecule is CNc1cccc(CN2CCOC(CO)C2)n1. The molecule has 0 aliphatic carbocycles. The van der Waals surface area contributed by atoms with Crippen LogP contribution in [0.2, 0.25) is 0 Å². The van der Waals surface area contributed by atoms with Gasteiger partial charge in [-0.05, 0) is 12.1 Å². The summed E-state index contributed by atoms with van der Waals surface area (Å²) >= 11 is 0. The Balaban J connectivity index is 1.95. The summed E-state index contributed by atoms with van der Waals surface area (Å²) in [7, 11) is 1.86. The monoisotopic (exact) mass is 237 g/mol. The number of pyridine rings is 1. The van der Waals surface area contributed by atoms with Crippen LogP contribution in [0.3, 0.4) is 0 Å². The van der Waals surface area contributed by atoms with Crippen LogP contribution in [-0.2, 0) is 11.3 Å². The molecule has 94 valence electrons. The van der Waals surface area contributed by atoms with Gasteiger partial charge in [0.25, 0.3) is 0 Å². The molecule has 2 heterocycles. The van der Waals surface area contributed by atoms with E-state index in [9.17, 15) is 0 Å². The predicted octanol–water partition coefficient (Wildman–Crippen LogP) is 0.316. The molecule has 1 unspecified atom stereocenters. The molecule has 5 heteroatoms. The molecule has 2 rings (SSSR count). The molecule has 2 N–H and O–H groups in total. The van der Waals surface area contributed by atoms with Crippen LogP contribution >= 0.6 is 0 Å². The van der Waals surface area contributed by atoms with E-state index in [1.807, 2.05) is 25.2 Å². The number of rotatable bonds is 4. The largest absolute Gasteiger partial charge is 0.394 e. The Hall–Kier alpha value is -1.17. The highest BCUT2D eigenvalue weighted by Crippen LogP contribution is 2.10. The van der Waals surface area contributed by atoms with Crippen LogP contribution in [-0.4, -0.2) is 54.4 Å². The normalized spacial score (nSPS) is 21.4. The molecule has 1 atom stereocenters. The van der Waals surface area contributed by atoms with Crippen molar-refractivity contribution in [2.75, 3.05) is 38.7 Å². The smallest absolute Gasteiger partial charge is 0.126 e. The first kappa shape index (κ1) is 12.3. The molecule has 17 heavy (non-hydrogen) atoms. The summed E-state index contributed by atoms with van der Waals surface area (Å²) in [5.74, 6) is 0.884. The van der Waals surface area contributed by atoms with E-state index in [1.54, 1.807) is 0 Å². The average molecular weight is 237 g/mol. The standard InChI is InChI=1S/C12H19N3O2/c1-13-12-4-2-3-10(14-12)7-15-5-6-17-11(8-15)9-16/h2-4,11,16H,5-9H2,1H3,(H,13,14). The van der Waals surface area contributed by atoms with Crippen LogP contribution in [0.5, 0.6) is 0 Å². The number of aliphatic hydroxyl groups is 1. The molecule has 0 aromatic carbocycles. The van der Waals surface area contributed by atoms with Gasteiger partial charge >= 0.3 is 0 Å². The minimum absolute atomic E-state index is 0.0590. The van der Waals surface area contributed by atoms with Gasteiger partial charge in [0.1, 0.15) is 5.82 Å². The van der Waals surface area contributed by atoms with E-state index in [4.69, 9.17) is 9.84 Å². The van der Waals surface area contributed by atoms with E-state index in [-0.39, 0.29) is 12.7 Å². The van der Waals surface area contributed by atoms with Crippen LogP contribution < -0.4 is 5.32 Å². The van der Waals surface area contributed by atoms with Crippen LogP contribution in [0.1, 0.15) is 5.69 Å². The molecule has 0 radical (unpaired) electrons. The number of aromatic nitrogens is 1. The Labute approximate surface area is 101 Å². The second kappa shape index (κ2) is 5.95. The number of ether oxygens (including phenoxy) is 1. The summed E-state index contributed by atoms with van der Waals surface area (Å²) in [4.78, 5) is 6.74. The number of nitrogens with zero attached hydrogens (tertiary/aromatic N) is 2. The zero-order valence-corrected chi connectivity index (χ0v) is 10.1. The first-order chi connectivity index (χ1) is 8.31. The number of aliphatic hydroxyl groups excluding tert-OH is 1. The summed E-state index contributed by atoms with van der Waals surface area (Å²) < 4.78 is 5.42. The predicted molar refractivity (Wildman–Crippen MR) is 65.9 cm³/mol. The third kappa shape index (κ3) is 3.39. The first-order valence-electron chi connectivity index (χ1n) is 5.90. The van der Waals surface area contributed by atoms with Crippen molar-refractivity contribution in [3.05, 3.63) is 23.9 Å². The molecular weight excluding hydrogens is 218 g/mol. The van der Waals surface area contributed by atoms with Gasteiger partial charge < -0.3 is 15.2 Å². The molecule has 0 saturated carbocycles. The topological polar surface area (TPSA) is 57.6 Å². The van der Waals surface area contributed by atoms with Gasteiger partial charge in [-0.25, -0.2) is 4.98 Å². The maximum absolute atomic E-state index is 9.08. The number of anilines is 1. The lowest BCUT2D eigenvalue weighted by Crippen LogP contribution is -2.43. The number of hydrogen-bond donors (Lipinski definition) is 2. The highest BCUT2D eigenvalue weighted by Gasteiger charge is 2.19. The van der Waals surface area contributed by atoms with Crippen molar-refractivity contribution in [2.24, 2.45) is 0 Å². The van der Waals surface area contributed by atoms with Gasteiger partial charge in [0.15, 0.2) is 0 Å². The molecule has 5 nitrogen and oxygen atoms in total.